The summed E-state index contributed by atoms with van der Waals surface area (Å²) in [4.78, 5) is 11.8. The topological polar surface area (TPSA) is 62.6 Å². The molecule has 1 aliphatic carbocycles. The lowest BCUT2D eigenvalue weighted by molar-refractivity contribution is -0.178. The number of aromatic nitrogens is 2. The molecule has 21 heavy (non-hydrogen) atoms. The van der Waals surface area contributed by atoms with Gasteiger partial charge in [0.2, 0.25) is 0 Å². The van der Waals surface area contributed by atoms with Gasteiger partial charge in [0, 0.05) is 25.8 Å². The summed E-state index contributed by atoms with van der Waals surface area (Å²) in [6.45, 7) is 3.57. The third-order valence-electron chi connectivity index (χ3n) is 4.36. The molecule has 116 valence electrons. The maximum absolute atomic E-state index is 11.8. The molecular formula is C15H22N2O4. The van der Waals surface area contributed by atoms with Crippen molar-refractivity contribution >= 4 is 5.97 Å². The summed E-state index contributed by atoms with van der Waals surface area (Å²) in [6, 6.07) is 1.86. The van der Waals surface area contributed by atoms with E-state index in [0.717, 1.165) is 31.4 Å². The van der Waals surface area contributed by atoms with Gasteiger partial charge in [0.05, 0.1) is 25.5 Å². The fourth-order valence-corrected chi connectivity index (χ4v) is 3.22. The number of carbonyl (C=O) groups is 1. The van der Waals surface area contributed by atoms with Crippen molar-refractivity contribution in [1.29, 1.82) is 0 Å². The van der Waals surface area contributed by atoms with Gasteiger partial charge in [0.1, 0.15) is 5.69 Å². The highest BCUT2D eigenvalue weighted by Gasteiger charge is 2.41. The first-order chi connectivity index (χ1) is 10.1. The molecule has 0 unspecified atom stereocenters. The first kappa shape index (κ1) is 14.5. The first-order valence-electron chi connectivity index (χ1n) is 7.62. The molecule has 6 nitrogen and oxygen atoms in total. The van der Waals surface area contributed by atoms with Crippen LogP contribution in [-0.4, -0.2) is 41.4 Å². The van der Waals surface area contributed by atoms with Crippen LogP contribution in [0.2, 0.25) is 0 Å². The van der Waals surface area contributed by atoms with Gasteiger partial charge in [-0.3, -0.25) is 4.68 Å². The Labute approximate surface area is 124 Å². The lowest BCUT2D eigenvalue weighted by Crippen LogP contribution is -2.34. The van der Waals surface area contributed by atoms with Gasteiger partial charge in [-0.25, -0.2) is 4.79 Å². The van der Waals surface area contributed by atoms with E-state index < -0.39 is 0 Å². The number of hydrogen-bond donors (Lipinski definition) is 0. The van der Waals surface area contributed by atoms with Crippen molar-refractivity contribution in [2.24, 2.45) is 7.05 Å². The van der Waals surface area contributed by atoms with Crippen LogP contribution in [0, 0.1) is 0 Å². The monoisotopic (exact) mass is 294 g/mol. The molecule has 6 heteroatoms. The second-order valence-electron chi connectivity index (χ2n) is 5.68. The van der Waals surface area contributed by atoms with Crippen LogP contribution in [0.3, 0.4) is 0 Å². The highest BCUT2D eigenvalue weighted by molar-refractivity contribution is 5.87. The van der Waals surface area contributed by atoms with Crippen LogP contribution < -0.4 is 0 Å². The van der Waals surface area contributed by atoms with Crippen molar-refractivity contribution in [2.45, 2.75) is 44.3 Å². The molecule has 2 aliphatic rings. The summed E-state index contributed by atoms with van der Waals surface area (Å²) in [5.74, 6) is -0.304. The van der Waals surface area contributed by atoms with Crippen molar-refractivity contribution < 1.29 is 19.0 Å². The number of nitrogens with zero attached hydrogens (tertiary/aromatic N) is 2. The van der Waals surface area contributed by atoms with Gasteiger partial charge in [-0.15, -0.1) is 0 Å². The van der Waals surface area contributed by atoms with Gasteiger partial charge < -0.3 is 14.2 Å². The molecule has 3 rings (SSSR count). The van der Waals surface area contributed by atoms with Crippen molar-refractivity contribution in [3.63, 3.8) is 0 Å². The van der Waals surface area contributed by atoms with Crippen LogP contribution >= 0.6 is 0 Å². The molecule has 0 N–H and O–H groups in total. The molecule has 0 radical (unpaired) electrons. The molecule has 2 fully saturated rings. The molecule has 1 aromatic rings. The lowest BCUT2D eigenvalue weighted by atomic mass is 9.83. The summed E-state index contributed by atoms with van der Waals surface area (Å²) < 4.78 is 18.1. The van der Waals surface area contributed by atoms with Crippen LogP contribution in [0.25, 0.3) is 0 Å². The van der Waals surface area contributed by atoms with Crippen LogP contribution in [0.5, 0.6) is 0 Å². The van der Waals surface area contributed by atoms with E-state index in [0.29, 0.717) is 31.4 Å². The van der Waals surface area contributed by atoms with Crippen molar-refractivity contribution in [3.8, 4) is 0 Å². The highest BCUT2D eigenvalue weighted by atomic mass is 16.7. The summed E-state index contributed by atoms with van der Waals surface area (Å²) >= 11 is 0. The second kappa shape index (κ2) is 5.77. The quantitative estimate of drug-likeness (QED) is 0.798. The zero-order valence-corrected chi connectivity index (χ0v) is 12.6. The predicted octanol–water partition coefficient (Wildman–Crippen LogP) is 2.00. The molecule has 1 spiro atoms. The Morgan fingerprint density at radius 3 is 2.71 bits per heavy atom. The molecule has 2 heterocycles. The zero-order chi connectivity index (χ0) is 14.9. The number of carbonyl (C=O) groups excluding carboxylic acids is 1. The van der Waals surface area contributed by atoms with E-state index >= 15 is 0 Å². The Bertz CT molecular complexity index is 510. The standard InChI is InChI=1S/C15H22N2O4/c1-3-19-14(18)13-10-12(16-17(13)2)11-4-6-15(7-5-11)20-8-9-21-15/h10-11H,3-9H2,1-2H3. The predicted molar refractivity (Wildman–Crippen MR) is 75.0 cm³/mol. The molecule has 1 saturated carbocycles. The fourth-order valence-electron chi connectivity index (χ4n) is 3.22. The molecule has 0 atom stereocenters. The van der Waals surface area contributed by atoms with Crippen LogP contribution in [0.4, 0.5) is 0 Å². The normalized spacial score (nSPS) is 21.8. The highest BCUT2D eigenvalue weighted by Crippen LogP contribution is 2.42. The Morgan fingerprint density at radius 1 is 1.43 bits per heavy atom. The van der Waals surface area contributed by atoms with Gasteiger partial charge in [-0.05, 0) is 25.8 Å². The van der Waals surface area contributed by atoms with Crippen molar-refractivity contribution in [3.05, 3.63) is 17.5 Å². The van der Waals surface area contributed by atoms with Crippen LogP contribution in [-0.2, 0) is 21.3 Å². The zero-order valence-electron chi connectivity index (χ0n) is 12.6. The molecule has 1 saturated heterocycles. The van der Waals surface area contributed by atoms with Gasteiger partial charge >= 0.3 is 5.97 Å². The SMILES string of the molecule is CCOC(=O)c1cc(C2CCC3(CC2)OCCO3)nn1C. The fraction of sp³-hybridized carbons (Fsp3) is 0.733. The average Bonchev–Trinajstić information content (AvgIpc) is 3.08. The van der Waals surface area contributed by atoms with E-state index in [-0.39, 0.29) is 11.8 Å². The summed E-state index contributed by atoms with van der Waals surface area (Å²) in [7, 11) is 1.78. The molecule has 0 bridgehead atoms. The Morgan fingerprint density at radius 2 is 2.10 bits per heavy atom. The largest absolute Gasteiger partial charge is 0.461 e. The smallest absolute Gasteiger partial charge is 0.356 e. The van der Waals surface area contributed by atoms with Crippen molar-refractivity contribution in [2.75, 3.05) is 19.8 Å². The minimum absolute atomic E-state index is 0.312. The summed E-state index contributed by atoms with van der Waals surface area (Å²) in [5, 5.41) is 4.49. The van der Waals surface area contributed by atoms with Crippen LogP contribution in [0.15, 0.2) is 6.07 Å². The average molecular weight is 294 g/mol. The Hall–Kier alpha value is -1.40. The Balaban J connectivity index is 1.68. The first-order valence-corrected chi connectivity index (χ1v) is 7.62. The minimum Gasteiger partial charge on any atom is -0.461 e. The van der Waals surface area contributed by atoms with E-state index in [9.17, 15) is 4.79 Å². The van der Waals surface area contributed by atoms with Gasteiger partial charge in [-0.2, -0.15) is 5.10 Å². The molecule has 0 amide bonds. The van der Waals surface area contributed by atoms with Gasteiger partial charge in [0.15, 0.2) is 5.79 Å². The van der Waals surface area contributed by atoms with Gasteiger partial charge in [-0.1, -0.05) is 0 Å². The second-order valence-corrected chi connectivity index (χ2v) is 5.68. The molecule has 1 aromatic heterocycles. The molecule has 1 aliphatic heterocycles. The van der Waals surface area contributed by atoms with Crippen molar-refractivity contribution in [1.82, 2.24) is 9.78 Å². The summed E-state index contributed by atoms with van der Waals surface area (Å²) in [5.41, 5.74) is 1.48. The number of ether oxygens (including phenoxy) is 3. The van der Waals surface area contributed by atoms with E-state index in [1.54, 1.807) is 18.7 Å². The third-order valence-corrected chi connectivity index (χ3v) is 4.36. The minimum atomic E-state index is -0.352. The lowest BCUT2D eigenvalue weighted by Gasteiger charge is -2.34. The number of aryl methyl sites for hydroxylation is 1. The Kier molecular flexibility index (Phi) is 3.99. The van der Waals surface area contributed by atoms with Gasteiger partial charge in [0.25, 0.3) is 0 Å². The number of rotatable bonds is 3. The van der Waals surface area contributed by atoms with Crippen LogP contribution in [0.1, 0.15) is 54.7 Å². The summed E-state index contributed by atoms with van der Waals surface area (Å²) in [6.07, 6.45) is 3.73. The van der Waals surface area contributed by atoms with E-state index in [1.165, 1.54) is 0 Å². The van der Waals surface area contributed by atoms with E-state index in [2.05, 4.69) is 5.10 Å². The molecule has 0 aromatic carbocycles. The number of esters is 1. The maximum Gasteiger partial charge on any atom is 0.356 e. The van der Waals surface area contributed by atoms with E-state index in [4.69, 9.17) is 14.2 Å². The van der Waals surface area contributed by atoms with E-state index in [1.807, 2.05) is 6.07 Å². The third kappa shape index (κ3) is 2.82. The molecular weight excluding hydrogens is 272 g/mol. The number of hydrogen-bond acceptors (Lipinski definition) is 5. The maximum atomic E-state index is 11.8.